The second kappa shape index (κ2) is 2.88. The van der Waals surface area contributed by atoms with Gasteiger partial charge < -0.3 is 15.1 Å². The maximum Gasteiger partial charge on any atom is 0.407 e. The molecule has 0 spiro atoms. The monoisotopic (exact) mass is 145 g/mol. The first-order chi connectivity index (χ1) is 4.75. The van der Waals surface area contributed by atoms with Gasteiger partial charge in [0.05, 0.1) is 6.61 Å². The molecule has 0 saturated heterocycles. The van der Waals surface area contributed by atoms with Crippen LogP contribution in [0, 0.1) is 0 Å². The Bertz CT molecular complexity index is 133. The molecule has 0 heterocycles. The fourth-order valence-corrected chi connectivity index (χ4v) is 0.928. The minimum absolute atomic E-state index is 0.0806. The summed E-state index contributed by atoms with van der Waals surface area (Å²) in [5, 5.41) is 17.0. The maximum atomic E-state index is 10.4. The van der Waals surface area contributed by atoms with Gasteiger partial charge in [0.2, 0.25) is 0 Å². The van der Waals surface area contributed by atoms with Crippen LogP contribution in [-0.4, -0.2) is 40.4 Å². The molecule has 2 N–H and O–H groups in total. The Morgan fingerprint density at radius 1 is 1.60 bits per heavy atom. The predicted octanol–water partition coefficient (Wildman–Crippen LogP) is 0.121. The van der Waals surface area contributed by atoms with Crippen molar-refractivity contribution in [1.29, 1.82) is 0 Å². The maximum absolute atomic E-state index is 10.4. The Hall–Kier alpha value is -0.770. The Balaban J connectivity index is 2.34. The van der Waals surface area contributed by atoms with Crippen LogP contribution in [0.15, 0.2) is 0 Å². The fraction of sp³-hybridized carbons (Fsp3) is 0.833. The molecular formula is C6H11NO3. The molecule has 4 heteroatoms. The van der Waals surface area contributed by atoms with E-state index in [0.29, 0.717) is 0 Å². The molecule has 58 valence electrons. The molecule has 1 rings (SSSR count). The standard InChI is InChI=1S/C6H11NO3/c8-4-3-7(6(9)10)5-1-2-5/h5,8H,1-4H2,(H,9,10). The van der Waals surface area contributed by atoms with Gasteiger partial charge in [0.1, 0.15) is 0 Å². The highest BCUT2D eigenvalue weighted by atomic mass is 16.4. The van der Waals surface area contributed by atoms with Crippen LogP contribution in [0.2, 0.25) is 0 Å². The number of aliphatic hydroxyl groups excluding tert-OH is 1. The van der Waals surface area contributed by atoms with Gasteiger partial charge in [0.25, 0.3) is 0 Å². The summed E-state index contributed by atoms with van der Waals surface area (Å²) in [5.74, 6) is 0. The molecule has 0 atom stereocenters. The van der Waals surface area contributed by atoms with Crippen LogP contribution in [0.4, 0.5) is 4.79 Å². The smallest absolute Gasteiger partial charge is 0.407 e. The van der Waals surface area contributed by atoms with Crippen molar-refractivity contribution in [2.24, 2.45) is 0 Å². The van der Waals surface area contributed by atoms with Crippen LogP contribution < -0.4 is 0 Å². The van der Waals surface area contributed by atoms with Gasteiger partial charge >= 0.3 is 6.09 Å². The summed E-state index contributed by atoms with van der Waals surface area (Å²) in [6.07, 6.45) is 0.982. The highest BCUT2D eigenvalue weighted by Gasteiger charge is 2.31. The third-order valence-electron chi connectivity index (χ3n) is 1.57. The largest absolute Gasteiger partial charge is 0.465 e. The lowest BCUT2D eigenvalue weighted by atomic mass is 10.5. The van der Waals surface area contributed by atoms with Gasteiger partial charge in [-0.05, 0) is 12.8 Å². The molecule has 0 aliphatic heterocycles. The molecule has 0 aromatic rings. The number of rotatable bonds is 3. The van der Waals surface area contributed by atoms with Crippen LogP contribution in [0.25, 0.3) is 0 Å². The van der Waals surface area contributed by atoms with E-state index in [-0.39, 0.29) is 19.2 Å². The first kappa shape index (κ1) is 7.34. The number of aliphatic hydroxyl groups is 1. The Morgan fingerprint density at radius 3 is 2.50 bits per heavy atom. The van der Waals surface area contributed by atoms with Gasteiger partial charge in [0.15, 0.2) is 0 Å². The first-order valence-electron chi connectivity index (χ1n) is 3.36. The van der Waals surface area contributed by atoms with Crippen LogP contribution in [0.3, 0.4) is 0 Å². The van der Waals surface area contributed by atoms with E-state index in [0.717, 1.165) is 12.8 Å². The molecular weight excluding hydrogens is 134 g/mol. The van der Waals surface area contributed by atoms with Crippen molar-refractivity contribution >= 4 is 6.09 Å². The average molecular weight is 145 g/mol. The van der Waals surface area contributed by atoms with E-state index < -0.39 is 6.09 Å². The summed E-state index contributed by atoms with van der Waals surface area (Å²) in [6, 6.07) is 0.185. The van der Waals surface area contributed by atoms with E-state index in [1.807, 2.05) is 0 Å². The van der Waals surface area contributed by atoms with E-state index in [4.69, 9.17) is 10.2 Å². The van der Waals surface area contributed by atoms with Crippen LogP contribution in [-0.2, 0) is 0 Å². The lowest BCUT2D eigenvalue weighted by Gasteiger charge is -2.16. The Morgan fingerprint density at radius 2 is 2.20 bits per heavy atom. The number of carboxylic acid groups (broad SMARTS) is 1. The lowest BCUT2D eigenvalue weighted by Crippen LogP contribution is -2.33. The molecule has 0 aromatic carbocycles. The molecule has 1 fully saturated rings. The lowest BCUT2D eigenvalue weighted by molar-refractivity contribution is 0.129. The van der Waals surface area contributed by atoms with Crippen molar-refractivity contribution in [3.8, 4) is 0 Å². The van der Waals surface area contributed by atoms with Gasteiger partial charge in [-0.2, -0.15) is 0 Å². The minimum Gasteiger partial charge on any atom is -0.465 e. The van der Waals surface area contributed by atoms with E-state index in [2.05, 4.69) is 0 Å². The summed E-state index contributed by atoms with van der Waals surface area (Å²) in [6.45, 7) is 0.169. The van der Waals surface area contributed by atoms with Crippen LogP contribution in [0.5, 0.6) is 0 Å². The molecule has 1 saturated carbocycles. The van der Waals surface area contributed by atoms with Crippen molar-refractivity contribution in [2.45, 2.75) is 18.9 Å². The number of nitrogens with zero attached hydrogens (tertiary/aromatic N) is 1. The molecule has 1 aliphatic rings. The number of carbonyl (C=O) groups is 1. The number of amides is 1. The molecule has 1 aliphatic carbocycles. The summed E-state index contributed by atoms with van der Waals surface area (Å²) < 4.78 is 0. The summed E-state index contributed by atoms with van der Waals surface area (Å²) in [4.78, 5) is 11.7. The van der Waals surface area contributed by atoms with Crippen molar-refractivity contribution in [1.82, 2.24) is 4.90 Å². The third kappa shape index (κ3) is 1.60. The highest BCUT2D eigenvalue weighted by molar-refractivity contribution is 5.65. The molecule has 0 bridgehead atoms. The van der Waals surface area contributed by atoms with Gasteiger partial charge in [0, 0.05) is 12.6 Å². The quantitative estimate of drug-likeness (QED) is 0.593. The van der Waals surface area contributed by atoms with E-state index in [1.54, 1.807) is 0 Å². The molecule has 0 unspecified atom stereocenters. The molecule has 0 aromatic heterocycles. The number of hydrogen-bond donors (Lipinski definition) is 2. The summed E-state index contributed by atoms with van der Waals surface area (Å²) >= 11 is 0. The van der Waals surface area contributed by atoms with E-state index in [1.165, 1.54) is 4.90 Å². The highest BCUT2D eigenvalue weighted by Crippen LogP contribution is 2.26. The van der Waals surface area contributed by atoms with E-state index >= 15 is 0 Å². The fourth-order valence-electron chi connectivity index (χ4n) is 0.928. The zero-order chi connectivity index (χ0) is 7.56. The zero-order valence-electron chi connectivity index (χ0n) is 5.66. The van der Waals surface area contributed by atoms with Gasteiger partial charge in [-0.3, -0.25) is 0 Å². The second-order valence-corrected chi connectivity index (χ2v) is 2.43. The summed E-state index contributed by atoms with van der Waals surface area (Å²) in [7, 11) is 0. The van der Waals surface area contributed by atoms with Crippen LogP contribution in [0.1, 0.15) is 12.8 Å². The second-order valence-electron chi connectivity index (χ2n) is 2.43. The van der Waals surface area contributed by atoms with Crippen LogP contribution >= 0.6 is 0 Å². The predicted molar refractivity (Wildman–Crippen MR) is 34.8 cm³/mol. The van der Waals surface area contributed by atoms with Gasteiger partial charge in [-0.1, -0.05) is 0 Å². The normalized spacial score (nSPS) is 16.9. The molecule has 0 radical (unpaired) electrons. The Labute approximate surface area is 59.1 Å². The first-order valence-corrected chi connectivity index (χ1v) is 3.36. The van der Waals surface area contributed by atoms with Gasteiger partial charge in [-0.15, -0.1) is 0 Å². The SMILES string of the molecule is O=C(O)N(CCO)C1CC1. The minimum atomic E-state index is -0.920. The Kier molecular flexibility index (Phi) is 2.11. The van der Waals surface area contributed by atoms with Crippen molar-refractivity contribution in [2.75, 3.05) is 13.2 Å². The molecule has 4 nitrogen and oxygen atoms in total. The zero-order valence-corrected chi connectivity index (χ0v) is 5.66. The number of hydrogen-bond acceptors (Lipinski definition) is 2. The summed E-state index contributed by atoms with van der Waals surface area (Å²) in [5.41, 5.74) is 0. The topological polar surface area (TPSA) is 60.8 Å². The third-order valence-corrected chi connectivity index (χ3v) is 1.57. The van der Waals surface area contributed by atoms with Crippen molar-refractivity contribution in [3.05, 3.63) is 0 Å². The average Bonchev–Trinajstić information content (AvgIpc) is 2.63. The van der Waals surface area contributed by atoms with E-state index in [9.17, 15) is 4.79 Å². The molecule has 1 amide bonds. The van der Waals surface area contributed by atoms with Gasteiger partial charge in [-0.25, -0.2) is 4.79 Å². The van der Waals surface area contributed by atoms with Crippen molar-refractivity contribution < 1.29 is 15.0 Å². The molecule has 10 heavy (non-hydrogen) atoms. The van der Waals surface area contributed by atoms with Crippen molar-refractivity contribution in [3.63, 3.8) is 0 Å².